The van der Waals surface area contributed by atoms with Gasteiger partial charge in [0, 0.05) is 17.6 Å². The predicted octanol–water partition coefficient (Wildman–Crippen LogP) is 5.31. The second-order valence-electron chi connectivity index (χ2n) is 7.12. The van der Waals surface area contributed by atoms with Gasteiger partial charge in [-0.3, -0.25) is 4.57 Å². The number of nitrogens with zero attached hydrogens (tertiary/aromatic N) is 1. The Bertz CT molecular complexity index is 889. The molecule has 0 bridgehead atoms. The maximum atomic E-state index is 12.5. The van der Waals surface area contributed by atoms with Crippen molar-refractivity contribution >= 4 is 17.0 Å². The van der Waals surface area contributed by atoms with E-state index >= 15 is 0 Å². The Hall–Kier alpha value is -2.75. The molecule has 2 aromatic carbocycles. The molecule has 1 aromatic heterocycles. The number of hydrogen-bond donors (Lipinski definition) is 0. The fourth-order valence-electron chi connectivity index (χ4n) is 2.67. The molecule has 0 atom stereocenters. The molecule has 0 N–H and O–H groups in total. The van der Waals surface area contributed by atoms with Crippen LogP contribution in [0.5, 0.6) is 5.75 Å². The normalized spacial score (nSPS) is 11.5. The third-order valence-corrected chi connectivity index (χ3v) is 3.81. The molecule has 130 valence electrons. The Morgan fingerprint density at radius 2 is 1.80 bits per heavy atom. The summed E-state index contributed by atoms with van der Waals surface area (Å²) in [6.45, 7) is 8.04. The van der Waals surface area contributed by atoms with Gasteiger partial charge < -0.3 is 9.47 Å². The molecule has 0 unspecified atom stereocenters. The number of hydrogen-bond acceptors (Lipinski definition) is 3. The van der Waals surface area contributed by atoms with Crippen molar-refractivity contribution in [3.63, 3.8) is 0 Å². The highest BCUT2D eigenvalue weighted by Crippen LogP contribution is 2.27. The van der Waals surface area contributed by atoms with E-state index in [1.54, 1.807) is 10.8 Å². The molecule has 0 aliphatic carbocycles. The molecule has 0 saturated carbocycles. The first-order valence-electron chi connectivity index (χ1n) is 8.35. The Morgan fingerprint density at radius 3 is 2.48 bits per heavy atom. The Balaban J connectivity index is 1.88. The standard InChI is InChI=1S/C21H23NO3/c1-15-13-22(20(23)25-21(2,3)4)19-12-17(10-11-18(15)19)24-14-16-8-6-5-7-9-16/h5-13H,14H2,1-4H3. The number of aryl methyl sites for hydroxylation is 1. The zero-order chi connectivity index (χ0) is 18.0. The van der Waals surface area contributed by atoms with Crippen molar-refractivity contribution in [2.45, 2.75) is 39.9 Å². The van der Waals surface area contributed by atoms with Gasteiger partial charge in [0.1, 0.15) is 18.0 Å². The number of rotatable bonds is 3. The van der Waals surface area contributed by atoms with Crippen LogP contribution < -0.4 is 4.74 Å². The van der Waals surface area contributed by atoms with E-state index in [-0.39, 0.29) is 6.09 Å². The summed E-state index contributed by atoms with van der Waals surface area (Å²) in [5, 5.41) is 1.01. The van der Waals surface area contributed by atoms with Crippen LogP contribution in [0.3, 0.4) is 0 Å². The zero-order valence-electron chi connectivity index (χ0n) is 15.1. The van der Waals surface area contributed by atoms with E-state index in [1.807, 2.05) is 76.2 Å². The summed E-state index contributed by atoms with van der Waals surface area (Å²) in [5.74, 6) is 0.722. The van der Waals surface area contributed by atoms with E-state index in [9.17, 15) is 4.79 Å². The quantitative estimate of drug-likeness (QED) is 0.650. The van der Waals surface area contributed by atoms with Crippen LogP contribution in [0.2, 0.25) is 0 Å². The highest BCUT2D eigenvalue weighted by Gasteiger charge is 2.20. The fourth-order valence-corrected chi connectivity index (χ4v) is 2.67. The topological polar surface area (TPSA) is 40.5 Å². The highest BCUT2D eigenvalue weighted by atomic mass is 16.6. The second kappa shape index (κ2) is 6.63. The van der Waals surface area contributed by atoms with Crippen LogP contribution in [-0.4, -0.2) is 16.3 Å². The summed E-state index contributed by atoms with van der Waals surface area (Å²) in [5.41, 5.74) is 2.37. The summed E-state index contributed by atoms with van der Waals surface area (Å²) in [6, 6.07) is 15.8. The Kier molecular flexibility index (Phi) is 4.53. The smallest absolute Gasteiger partial charge is 0.419 e. The molecule has 4 heteroatoms. The van der Waals surface area contributed by atoms with Crippen molar-refractivity contribution in [2.75, 3.05) is 0 Å². The Labute approximate surface area is 148 Å². The number of benzene rings is 2. The maximum absolute atomic E-state index is 12.5. The van der Waals surface area contributed by atoms with Crippen LogP contribution in [0, 0.1) is 6.92 Å². The lowest BCUT2D eigenvalue weighted by Crippen LogP contribution is -2.26. The molecule has 0 aliphatic rings. The van der Waals surface area contributed by atoms with Crippen molar-refractivity contribution in [2.24, 2.45) is 0 Å². The number of carbonyl (C=O) groups is 1. The van der Waals surface area contributed by atoms with Gasteiger partial charge in [0.15, 0.2) is 0 Å². The average Bonchev–Trinajstić information content (AvgIpc) is 2.89. The van der Waals surface area contributed by atoms with Crippen LogP contribution in [0.15, 0.2) is 54.7 Å². The van der Waals surface area contributed by atoms with Crippen LogP contribution >= 0.6 is 0 Å². The second-order valence-corrected chi connectivity index (χ2v) is 7.12. The minimum Gasteiger partial charge on any atom is -0.489 e. The molecule has 0 fully saturated rings. The van der Waals surface area contributed by atoms with Crippen molar-refractivity contribution in [1.29, 1.82) is 0 Å². The van der Waals surface area contributed by atoms with Crippen molar-refractivity contribution in [3.05, 3.63) is 65.9 Å². The minimum absolute atomic E-state index is 0.384. The fraction of sp³-hybridized carbons (Fsp3) is 0.286. The van der Waals surface area contributed by atoms with Gasteiger partial charge in [-0.15, -0.1) is 0 Å². The monoisotopic (exact) mass is 337 g/mol. The van der Waals surface area contributed by atoms with Gasteiger partial charge in [0.25, 0.3) is 0 Å². The molecule has 0 amide bonds. The van der Waals surface area contributed by atoms with E-state index in [1.165, 1.54) is 0 Å². The third kappa shape index (κ3) is 4.02. The molecule has 4 nitrogen and oxygen atoms in total. The molecule has 0 saturated heterocycles. The average molecular weight is 337 g/mol. The van der Waals surface area contributed by atoms with E-state index in [0.717, 1.165) is 27.8 Å². The number of fused-ring (bicyclic) bond motifs is 1. The van der Waals surface area contributed by atoms with Gasteiger partial charge >= 0.3 is 6.09 Å². The lowest BCUT2D eigenvalue weighted by Gasteiger charge is -2.19. The van der Waals surface area contributed by atoms with E-state index in [2.05, 4.69) is 0 Å². The molecule has 3 aromatic rings. The summed E-state index contributed by atoms with van der Waals surface area (Å²) in [7, 11) is 0. The van der Waals surface area contributed by atoms with Gasteiger partial charge in [-0.1, -0.05) is 30.3 Å². The van der Waals surface area contributed by atoms with Crippen LogP contribution in [0.1, 0.15) is 31.9 Å². The van der Waals surface area contributed by atoms with E-state index in [0.29, 0.717) is 6.61 Å². The van der Waals surface area contributed by atoms with E-state index in [4.69, 9.17) is 9.47 Å². The minimum atomic E-state index is -0.539. The molecule has 3 rings (SSSR count). The van der Waals surface area contributed by atoms with Gasteiger partial charge in [-0.25, -0.2) is 4.79 Å². The summed E-state index contributed by atoms with van der Waals surface area (Å²) in [4.78, 5) is 12.5. The summed E-state index contributed by atoms with van der Waals surface area (Å²) in [6.07, 6.45) is 1.42. The molecule has 0 aliphatic heterocycles. The molecular weight excluding hydrogens is 314 g/mol. The summed E-state index contributed by atoms with van der Waals surface area (Å²) < 4.78 is 12.9. The maximum Gasteiger partial charge on any atom is 0.419 e. The number of ether oxygens (including phenoxy) is 2. The van der Waals surface area contributed by atoms with Gasteiger partial charge in [0.2, 0.25) is 0 Å². The van der Waals surface area contributed by atoms with Gasteiger partial charge in [0.05, 0.1) is 5.52 Å². The van der Waals surface area contributed by atoms with E-state index < -0.39 is 5.60 Å². The highest BCUT2D eigenvalue weighted by molar-refractivity contribution is 5.92. The lowest BCUT2D eigenvalue weighted by atomic mass is 10.2. The number of carbonyl (C=O) groups excluding carboxylic acids is 1. The molecule has 1 heterocycles. The van der Waals surface area contributed by atoms with Crippen LogP contribution in [0.4, 0.5) is 4.79 Å². The van der Waals surface area contributed by atoms with Crippen molar-refractivity contribution < 1.29 is 14.3 Å². The molecule has 0 spiro atoms. The van der Waals surface area contributed by atoms with Crippen LogP contribution in [-0.2, 0) is 11.3 Å². The van der Waals surface area contributed by atoms with Crippen molar-refractivity contribution in [3.8, 4) is 5.75 Å². The zero-order valence-corrected chi connectivity index (χ0v) is 15.1. The molecule has 0 radical (unpaired) electrons. The van der Waals surface area contributed by atoms with Crippen molar-refractivity contribution in [1.82, 2.24) is 4.57 Å². The first-order valence-corrected chi connectivity index (χ1v) is 8.35. The first kappa shape index (κ1) is 17.1. The SMILES string of the molecule is Cc1cn(C(=O)OC(C)(C)C)c2cc(OCc3ccccc3)ccc12. The van der Waals surface area contributed by atoms with Gasteiger partial charge in [-0.05, 0) is 51.0 Å². The largest absolute Gasteiger partial charge is 0.489 e. The van der Waals surface area contributed by atoms with Crippen LogP contribution in [0.25, 0.3) is 10.9 Å². The third-order valence-electron chi connectivity index (χ3n) is 3.81. The number of aromatic nitrogens is 1. The Morgan fingerprint density at radius 1 is 1.08 bits per heavy atom. The molecular formula is C21H23NO3. The lowest BCUT2D eigenvalue weighted by molar-refractivity contribution is 0.0544. The predicted molar refractivity (Wildman–Crippen MR) is 99.1 cm³/mol. The van der Waals surface area contributed by atoms with Gasteiger partial charge in [-0.2, -0.15) is 0 Å². The first-order chi connectivity index (χ1) is 11.8. The molecule has 25 heavy (non-hydrogen) atoms. The summed E-state index contributed by atoms with van der Waals surface area (Å²) >= 11 is 0.